The van der Waals surface area contributed by atoms with Gasteiger partial charge in [-0.1, -0.05) is 0 Å². The van der Waals surface area contributed by atoms with Gasteiger partial charge in [0.2, 0.25) is 0 Å². The topological polar surface area (TPSA) is 67.3 Å². The highest BCUT2D eigenvalue weighted by Gasteiger charge is 2.22. The standard InChI is InChI=1S/C21H26N4O2S/c1-6-25(7-2)19-17-13(4)18(28-21(17)23-14(5)22-19)20(26)24-15-9-11-16(12-10-15)27-8-3/h9-12H,6-8H2,1-5H3,(H,24,26). The van der Waals surface area contributed by atoms with E-state index in [4.69, 9.17) is 4.74 Å². The number of nitrogens with one attached hydrogen (secondary N) is 1. The molecular weight excluding hydrogens is 372 g/mol. The molecule has 7 heteroatoms. The fourth-order valence-electron chi connectivity index (χ4n) is 3.18. The van der Waals surface area contributed by atoms with Crippen LogP contribution in [0, 0.1) is 13.8 Å². The van der Waals surface area contributed by atoms with E-state index >= 15 is 0 Å². The number of rotatable bonds is 7. The van der Waals surface area contributed by atoms with Crippen molar-refractivity contribution in [2.75, 3.05) is 29.9 Å². The number of benzene rings is 1. The van der Waals surface area contributed by atoms with Crippen LogP contribution < -0.4 is 15.0 Å². The number of nitrogens with zero attached hydrogens (tertiary/aromatic N) is 3. The molecule has 1 aromatic carbocycles. The first-order valence-corrected chi connectivity index (χ1v) is 10.4. The van der Waals surface area contributed by atoms with Crippen LogP contribution in [0.4, 0.5) is 11.5 Å². The Hall–Kier alpha value is -2.67. The molecule has 28 heavy (non-hydrogen) atoms. The van der Waals surface area contributed by atoms with Gasteiger partial charge in [0.1, 0.15) is 22.2 Å². The second-order valence-corrected chi connectivity index (χ2v) is 7.41. The number of aryl methyl sites for hydroxylation is 2. The number of hydrogen-bond acceptors (Lipinski definition) is 6. The number of amides is 1. The van der Waals surface area contributed by atoms with E-state index in [-0.39, 0.29) is 5.91 Å². The summed E-state index contributed by atoms with van der Waals surface area (Å²) in [5, 5.41) is 3.94. The van der Waals surface area contributed by atoms with Gasteiger partial charge in [-0.15, -0.1) is 11.3 Å². The molecule has 0 aliphatic heterocycles. The summed E-state index contributed by atoms with van der Waals surface area (Å²) < 4.78 is 5.45. The number of ether oxygens (including phenoxy) is 1. The molecule has 0 spiro atoms. The van der Waals surface area contributed by atoms with Crippen LogP contribution in [0.1, 0.15) is 41.8 Å². The van der Waals surface area contributed by atoms with Crippen LogP contribution in [0.3, 0.4) is 0 Å². The maximum absolute atomic E-state index is 12.9. The van der Waals surface area contributed by atoms with E-state index in [1.54, 1.807) is 0 Å². The molecule has 1 amide bonds. The number of aromatic nitrogens is 2. The third-order valence-electron chi connectivity index (χ3n) is 4.58. The molecule has 0 radical (unpaired) electrons. The lowest BCUT2D eigenvalue weighted by Crippen LogP contribution is -2.23. The summed E-state index contributed by atoms with van der Waals surface area (Å²) in [5.41, 5.74) is 1.65. The van der Waals surface area contributed by atoms with Crippen LogP contribution in [0.2, 0.25) is 0 Å². The minimum atomic E-state index is -0.132. The molecule has 2 aromatic heterocycles. The molecule has 0 atom stereocenters. The zero-order valence-electron chi connectivity index (χ0n) is 17.0. The van der Waals surface area contributed by atoms with Crippen molar-refractivity contribution in [2.45, 2.75) is 34.6 Å². The Morgan fingerprint density at radius 1 is 1.11 bits per heavy atom. The quantitative estimate of drug-likeness (QED) is 0.619. The summed E-state index contributed by atoms with van der Waals surface area (Å²) in [4.78, 5) is 25.9. The van der Waals surface area contributed by atoms with Crippen molar-refractivity contribution in [3.05, 3.63) is 40.5 Å². The largest absolute Gasteiger partial charge is 0.494 e. The summed E-state index contributed by atoms with van der Waals surface area (Å²) in [5.74, 6) is 2.27. The first-order chi connectivity index (χ1) is 13.5. The minimum Gasteiger partial charge on any atom is -0.494 e. The molecule has 0 aliphatic carbocycles. The predicted molar refractivity (Wildman–Crippen MR) is 116 cm³/mol. The third-order valence-corrected chi connectivity index (χ3v) is 5.76. The van der Waals surface area contributed by atoms with Gasteiger partial charge >= 0.3 is 0 Å². The van der Waals surface area contributed by atoms with Gasteiger partial charge in [0, 0.05) is 18.8 Å². The second-order valence-electron chi connectivity index (χ2n) is 6.41. The highest BCUT2D eigenvalue weighted by Crippen LogP contribution is 2.36. The zero-order chi connectivity index (χ0) is 20.3. The van der Waals surface area contributed by atoms with Gasteiger partial charge in [-0.2, -0.15) is 0 Å². The Morgan fingerprint density at radius 3 is 2.39 bits per heavy atom. The summed E-state index contributed by atoms with van der Waals surface area (Å²) >= 11 is 1.41. The minimum absolute atomic E-state index is 0.132. The smallest absolute Gasteiger partial charge is 0.266 e. The fraction of sp³-hybridized carbons (Fsp3) is 0.381. The van der Waals surface area contributed by atoms with Gasteiger partial charge < -0.3 is 15.0 Å². The molecule has 0 bridgehead atoms. The van der Waals surface area contributed by atoms with E-state index in [0.717, 1.165) is 46.1 Å². The van der Waals surface area contributed by atoms with E-state index in [1.165, 1.54) is 11.3 Å². The molecule has 0 aliphatic rings. The lowest BCUT2D eigenvalue weighted by atomic mass is 10.1. The van der Waals surface area contributed by atoms with E-state index in [1.807, 2.05) is 45.0 Å². The average molecular weight is 399 g/mol. The maximum Gasteiger partial charge on any atom is 0.266 e. The van der Waals surface area contributed by atoms with Crippen molar-refractivity contribution in [1.82, 2.24) is 9.97 Å². The summed E-state index contributed by atoms with van der Waals surface area (Å²) in [7, 11) is 0. The van der Waals surface area contributed by atoms with Gasteiger partial charge in [0.15, 0.2) is 0 Å². The number of hydrogen-bond donors (Lipinski definition) is 1. The number of carbonyl (C=O) groups is 1. The lowest BCUT2D eigenvalue weighted by Gasteiger charge is -2.21. The molecule has 6 nitrogen and oxygen atoms in total. The van der Waals surface area contributed by atoms with Gasteiger partial charge in [-0.3, -0.25) is 4.79 Å². The summed E-state index contributed by atoms with van der Waals surface area (Å²) in [6, 6.07) is 7.39. The van der Waals surface area contributed by atoms with Gasteiger partial charge in [0.25, 0.3) is 5.91 Å². The molecule has 3 rings (SSSR count). The molecule has 0 saturated carbocycles. The monoisotopic (exact) mass is 398 g/mol. The van der Waals surface area contributed by atoms with Crippen molar-refractivity contribution in [1.29, 1.82) is 0 Å². The van der Waals surface area contributed by atoms with Gasteiger partial charge in [-0.05, 0) is 64.4 Å². The third kappa shape index (κ3) is 3.94. The second kappa shape index (κ2) is 8.56. The van der Waals surface area contributed by atoms with E-state index in [0.29, 0.717) is 17.3 Å². The molecular formula is C21H26N4O2S. The number of carbonyl (C=O) groups excluding carboxylic acids is 1. The first-order valence-electron chi connectivity index (χ1n) is 9.55. The summed E-state index contributed by atoms with van der Waals surface area (Å²) in [6.07, 6.45) is 0. The van der Waals surface area contributed by atoms with Crippen LogP contribution >= 0.6 is 11.3 Å². The van der Waals surface area contributed by atoms with Crippen molar-refractivity contribution >= 4 is 39.0 Å². The zero-order valence-corrected chi connectivity index (χ0v) is 17.8. The van der Waals surface area contributed by atoms with Crippen LogP contribution in [0.5, 0.6) is 5.75 Å². The Bertz CT molecular complexity index is 978. The number of fused-ring (bicyclic) bond motifs is 1. The number of thiophene rings is 1. The lowest BCUT2D eigenvalue weighted by molar-refractivity contribution is 0.103. The summed E-state index contributed by atoms with van der Waals surface area (Å²) in [6.45, 7) is 12.3. The van der Waals surface area contributed by atoms with Crippen LogP contribution in [-0.4, -0.2) is 35.6 Å². The molecule has 0 fully saturated rings. The van der Waals surface area contributed by atoms with Crippen molar-refractivity contribution in [3.8, 4) is 5.75 Å². The van der Waals surface area contributed by atoms with Crippen molar-refractivity contribution in [3.63, 3.8) is 0 Å². The number of anilines is 2. The fourth-order valence-corrected chi connectivity index (χ4v) is 4.30. The highest BCUT2D eigenvalue weighted by molar-refractivity contribution is 7.20. The Morgan fingerprint density at radius 2 is 1.79 bits per heavy atom. The Balaban J connectivity index is 1.95. The normalized spacial score (nSPS) is 10.9. The van der Waals surface area contributed by atoms with Crippen LogP contribution in [-0.2, 0) is 0 Å². The van der Waals surface area contributed by atoms with Crippen LogP contribution in [0.15, 0.2) is 24.3 Å². The molecule has 2 heterocycles. The highest BCUT2D eigenvalue weighted by atomic mass is 32.1. The van der Waals surface area contributed by atoms with Gasteiger partial charge in [0.05, 0.1) is 16.9 Å². The molecule has 1 N–H and O–H groups in total. The molecule has 0 saturated heterocycles. The Labute approximate surface area is 169 Å². The first kappa shape index (κ1) is 20.1. The van der Waals surface area contributed by atoms with Gasteiger partial charge in [-0.25, -0.2) is 9.97 Å². The SMILES string of the molecule is CCOc1ccc(NC(=O)c2sc3nc(C)nc(N(CC)CC)c3c2C)cc1. The van der Waals surface area contributed by atoms with Crippen molar-refractivity contribution < 1.29 is 9.53 Å². The molecule has 0 unspecified atom stereocenters. The van der Waals surface area contributed by atoms with Crippen molar-refractivity contribution in [2.24, 2.45) is 0 Å². The molecule has 3 aromatic rings. The van der Waals surface area contributed by atoms with Crippen LogP contribution in [0.25, 0.3) is 10.2 Å². The van der Waals surface area contributed by atoms with E-state index in [2.05, 4.69) is 34.0 Å². The molecule has 148 valence electrons. The van der Waals surface area contributed by atoms with E-state index < -0.39 is 0 Å². The Kier molecular flexibility index (Phi) is 6.14. The average Bonchev–Trinajstić information content (AvgIpc) is 3.01. The van der Waals surface area contributed by atoms with E-state index in [9.17, 15) is 4.79 Å². The maximum atomic E-state index is 12.9. The predicted octanol–water partition coefficient (Wildman–Crippen LogP) is 4.81.